The summed E-state index contributed by atoms with van der Waals surface area (Å²) < 4.78 is 18.6. The van der Waals surface area contributed by atoms with Gasteiger partial charge in [0.2, 0.25) is 5.88 Å². The molecule has 29 heavy (non-hydrogen) atoms. The summed E-state index contributed by atoms with van der Waals surface area (Å²) in [6.07, 6.45) is 4.68. The van der Waals surface area contributed by atoms with Gasteiger partial charge in [-0.2, -0.15) is 0 Å². The van der Waals surface area contributed by atoms with Crippen molar-refractivity contribution in [2.75, 3.05) is 19.7 Å². The summed E-state index contributed by atoms with van der Waals surface area (Å²) in [6, 6.07) is 9.49. The van der Waals surface area contributed by atoms with Crippen molar-refractivity contribution in [2.45, 2.75) is 39.7 Å². The SMILES string of the molecule is CCCC(CCO)CNC(=NCc1ccc(Oc2ccc(F)cc2)nc1)NCC. The van der Waals surface area contributed by atoms with Gasteiger partial charge in [0.25, 0.3) is 0 Å². The highest BCUT2D eigenvalue weighted by Gasteiger charge is 2.08. The van der Waals surface area contributed by atoms with E-state index in [0.717, 1.165) is 43.9 Å². The number of hydrogen-bond donors (Lipinski definition) is 3. The Labute approximate surface area is 172 Å². The lowest BCUT2D eigenvalue weighted by atomic mass is 10.0. The summed E-state index contributed by atoms with van der Waals surface area (Å²) in [6.45, 7) is 6.42. The molecule has 1 aromatic carbocycles. The molecule has 0 bridgehead atoms. The average molecular weight is 403 g/mol. The molecule has 1 unspecified atom stereocenters. The molecule has 0 amide bonds. The smallest absolute Gasteiger partial charge is 0.219 e. The highest BCUT2D eigenvalue weighted by Crippen LogP contribution is 2.19. The number of aromatic nitrogens is 1. The lowest BCUT2D eigenvalue weighted by Crippen LogP contribution is -2.40. The van der Waals surface area contributed by atoms with Crippen molar-refractivity contribution in [3.05, 3.63) is 54.0 Å². The molecule has 2 rings (SSSR count). The first-order valence-corrected chi connectivity index (χ1v) is 10.2. The molecule has 7 heteroatoms. The number of halogens is 1. The van der Waals surface area contributed by atoms with E-state index in [9.17, 15) is 9.50 Å². The Morgan fingerprint density at radius 3 is 2.55 bits per heavy atom. The van der Waals surface area contributed by atoms with Crippen LogP contribution in [0.4, 0.5) is 4.39 Å². The van der Waals surface area contributed by atoms with Gasteiger partial charge in [-0.1, -0.05) is 19.4 Å². The van der Waals surface area contributed by atoms with Crippen LogP contribution >= 0.6 is 0 Å². The molecule has 0 saturated carbocycles. The zero-order valence-electron chi connectivity index (χ0n) is 17.2. The number of benzene rings is 1. The van der Waals surface area contributed by atoms with E-state index in [1.54, 1.807) is 24.4 Å². The molecule has 0 fully saturated rings. The van der Waals surface area contributed by atoms with E-state index >= 15 is 0 Å². The van der Waals surface area contributed by atoms with E-state index in [1.165, 1.54) is 12.1 Å². The topological polar surface area (TPSA) is 78.8 Å². The zero-order valence-corrected chi connectivity index (χ0v) is 17.2. The van der Waals surface area contributed by atoms with Crippen molar-refractivity contribution in [2.24, 2.45) is 10.9 Å². The van der Waals surface area contributed by atoms with Crippen molar-refractivity contribution < 1.29 is 14.2 Å². The molecule has 2 aromatic rings. The van der Waals surface area contributed by atoms with Gasteiger partial charge in [-0.05, 0) is 55.5 Å². The zero-order chi connectivity index (χ0) is 20.9. The Hall–Kier alpha value is -2.67. The first-order valence-electron chi connectivity index (χ1n) is 10.2. The number of hydrogen-bond acceptors (Lipinski definition) is 4. The molecular formula is C22H31FN4O2. The number of rotatable bonds is 11. The quantitative estimate of drug-likeness (QED) is 0.393. The third-order valence-corrected chi connectivity index (χ3v) is 4.39. The lowest BCUT2D eigenvalue weighted by molar-refractivity contribution is 0.251. The largest absolute Gasteiger partial charge is 0.439 e. The summed E-state index contributed by atoms with van der Waals surface area (Å²) >= 11 is 0. The molecule has 1 heterocycles. The maximum absolute atomic E-state index is 13.0. The van der Waals surface area contributed by atoms with Crippen LogP contribution in [0.3, 0.4) is 0 Å². The highest BCUT2D eigenvalue weighted by atomic mass is 19.1. The van der Waals surface area contributed by atoms with Crippen LogP contribution in [0.25, 0.3) is 0 Å². The van der Waals surface area contributed by atoms with Crippen LogP contribution in [0.2, 0.25) is 0 Å². The van der Waals surface area contributed by atoms with Crippen molar-refractivity contribution in [1.29, 1.82) is 0 Å². The molecule has 0 spiro atoms. The second kappa shape index (κ2) is 12.7. The second-order valence-corrected chi connectivity index (χ2v) is 6.80. The first-order chi connectivity index (χ1) is 14.1. The van der Waals surface area contributed by atoms with Gasteiger partial charge in [0.05, 0.1) is 6.54 Å². The molecule has 0 saturated heterocycles. The van der Waals surface area contributed by atoms with Gasteiger partial charge in [0, 0.05) is 32.0 Å². The number of guanidine groups is 1. The fourth-order valence-electron chi connectivity index (χ4n) is 2.88. The van der Waals surface area contributed by atoms with Crippen molar-refractivity contribution in [3.8, 4) is 11.6 Å². The van der Waals surface area contributed by atoms with E-state index in [4.69, 9.17) is 4.74 Å². The molecule has 0 aliphatic carbocycles. The van der Waals surface area contributed by atoms with E-state index in [0.29, 0.717) is 24.1 Å². The molecule has 0 aliphatic heterocycles. The van der Waals surface area contributed by atoms with Gasteiger partial charge in [0.15, 0.2) is 5.96 Å². The van der Waals surface area contributed by atoms with Crippen LogP contribution in [-0.2, 0) is 6.54 Å². The summed E-state index contributed by atoms with van der Waals surface area (Å²) in [5, 5.41) is 15.8. The third-order valence-electron chi connectivity index (χ3n) is 4.39. The van der Waals surface area contributed by atoms with Crippen molar-refractivity contribution in [1.82, 2.24) is 15.6 Å². The van der Waals surface area contributed by atoms with Crippen molar-refractivity contribution in [3.63, 3.8) is 0 Å². The number of aliphatic imine (C=N–C) groups is 1. The lowest BCUT2D eigenvalue weighted by Gasteiger charge is -2.18. The van der Waals surface area contributed by atoms with E-state index in [2.05, 4.69) is 27.5 Å². The number of pyridine rings is 1. The molecule has 1 atom stereocenters. The Morgan fingerprint density at radius 1 is 1.14 bits per heavy atom. The molecular weight excluding hydrogens is 371 g/mol. The van der Waals surface area contributed by atoms with Gasteiger partial charge in [-0.15, -0.1) is 0 Å². The number of aliphatic hydroxyl groups excluding tert-OH is 1. The molecule has 1 aromatic heterocycles. The predicted molar refractivity (Wildman–Crippen MR) is 114 cm³/mol. The Balaban J connectivity index is 1.91. The number of ether oxygens (including phenoxy) is 1. The Bertz CT molecular complexity index is 729. The Kier molecular flexibility index (Phi) is 9.92. The number of nitrogens with one attached hydrogen (secondary N) is 2. The van der Waals surface area contributed by atoms with Crippen LogP contribution in [-0.4, -0.2) is 35.7 Å². The average Bonchev–Trinajstić information content (AvgIpc) is 2.73. The van der Waals surface area contributed by atoms with Crippen LogP contribution in [0.15, 0.2) is 47.6 Å². The minimum absolute atomic E-state index is 0.206. The highest BCUT2D eigenvalue weighted by molar-refractivity contribution is 5.79. The first kappa shape index (κ1) is 22.6. The summed E-state index contributed by atoms with van der Waals surface area (Å²) in [5.41, 5.74) is 0.953. The molecule has 0 aliphatic rings. The second-order valence-electron chi connectivity index (χ2n) is 6.80. The van der Waals surface area contributed by atoms with Crippen LogP contribution in [0.5, 0.6) is 11.6 Å². The minimum atomic E-state index is -0.305. The predicted octanol–water partition coefficient (Wildman–Crippen LogP) is 3.87. The fourth-order valence-corrected chi connectivity index (χ4v) is 2.88. The summed E-state index contributed by atoms with van der Waals surface area (Å²) in [5.74, 6) is 1.85. The van der Waals surface area contributed by atoms with Crippen LogP contribution < -0.4 is 15.4 Å². The van der Waals surface area contributed by atoms with Crippen LogP contribution in [0, 0.1) is 11.7 Å². The molecule has 6 nitrogen and oxygen atoms in total. The van der Waals surface area contributed by atoms with Crippen LogP contribution in [0.1, 0.15) is 38.7 Å². The Morgan fingerprint density at radius 2 is 1.93 bits per heavy atom. The third kappa shape index (κ3) is 8.48. The summed E-state index contributed by atoms with van der Waals surface area (Å²) in [4.78, 5) is 8.90. The standard InChI is InChI=1S/C22H31FN4O2/c1-3-5-17(12-13-28)14-26-22(24-4-2)27-16-18-6-11-21(25-15-18)29-20-9-7-19(23)8-10-20/h6-11,15,17,28H,3-5,12-14,16H2,1-2H3,(H2,24,26,27). The van der Waals surface area contributed by atoms with Gasteiger partial charge in [0.1, 0.15) is 11.6 Å². The maximum atomic E-state index is 13.0. The van der Waals surface area contributed by atoms with E-state index < -0.39 is 0 Å². The van der Waals surface area contributed by atoms with Gasteiger partial charge >= 0.3 is 0 Å². The number of nitrogens with zero attached hydrogens (tertiary/aromatic N) is 2. The normalized spacial score (nSPS) is 12.5. The molecule has 0 radical (unpaired) electrons. The van der Waals surface area contributed by atoms with E-state index in [-0.39, 0.29) is 12.4 Å². The molecule has 3 N–H and O–H groups in total. The minimum Gasteiger partial charge on any atom is -0.439 e. The number of aliphatic hydroxyl groups is 1. The fraction of sp³-hybridized carbons (Fsp3) is 0.455. The maximum Gasteiger partial charge on any atom is 0.219 e. The monoisotopic (exact) mass is 402 g/mol. The molecule has 158 valence electrons. The summed E-state index contributed by atoms with van der Waals surface area (Å²) in [7, 11) is 0. The van der Waals surface area contributed by atoms with Crippen molar-refractivity contribution >= 4 is 5.96 Å². The van der Waals surface area contributed by atoms with E-state index in [1.807, 2.05) is 13.0 Å². The van der Waals surface area contributed by atoms with Gasteiger partial charge in [-0.3, -0.25) is 0 Å². The van der Waals surface area contributed by atoms with Gasteiger partial charge < -0.3 is 20.5 Å². The van der Waals surface area contributed by atoms with Gasteiger partial charge in [-0.25, -0.2) is 14.4 Å².